The molecule has 17 heteroatoms. The van der Waals surface area contributed by atoms with Crippen LogP contribution in [0, 0.1) is 11.2 Å². The number of rotatable bonds is 12. The van der Waals surface area contributed by atoms with Crippen molar-refractivity contribution in [3.05, 3.63) is 35.9 Å². The summed E-state index contributed by atoms with van der Waals surface area (Å²) in [6.45, 7) is 8.03. The van der Waals surface area contributed by atoms with Gasteiger partial charge in [-0.1, -0.05) is 0 Å². The lowest BCUT2D eigenvalue weighted by atomic mass is 9.72. The molecule has 5 heterocycles. The lowest BCUT2D eigenvalue weighted by molar-refractivity contribution is -0.0301. The number of carbonyl (C=O) groups is 1. The number of alkyl halides is 2. The molecule has 0 radical (unpaired) electrons. The van der Waals surface area contributed by atoms with E-state index in [4.69, 9.17) is 9.47 Å². The fraction of sp³-hybridized carbons (Fsp3) is 0.677. The minimum absolute atomic E-state index is 0.0294. The third-order valence-electron chi connectivity index (χ3n) is 9.74. The summed E-state index contributed by atoms with van der Waals surface area (Å²) in [5.41, 5.74) is -0.102. The maximum absolute atomic E-state index is 14.3. The van der Waals surface area contributed by atoms with Crippen molar-refractivity contribution in [1.82, 2.24) is 34.0 Å². The van der Waals surface area contributed by atoms with Gasteiger partial charge in [0.15, 0.2) is 5.82 Å². The number of carbonyl (C=O) groups excluding carboxylic acids is 1. The lowest BCUT2D eigenvalue weighted by Gasteiger charge is -2.54. The van der Waals surface area contributed by atoms with Crippen molar-refractivity contribution in [2.75, 3.05) is 63.9 Å². The number of nitrogens with zero attached hydrogens (tertiary/aromatic N) is 7. The highest BCUT2D eigenvalue weighted by Gasteiger charge is 2.46. The molecule has 6 rings (SSSR count). The van der Waals surface area contributed by atoms with Gasteiger partial charge in [-0.05, 0) is 77.2 Å². The second-order valence-corrected chi connectivity index (χ2v) is 15.2. The van der Waals surface area contributed by atoms with E-state index in [9.17, 15) is 26.4 Å². The average Bonchev–Trinajstić information content (AvgIpc) is 2.99. The summed E-state index contributed by atoms with van der Waals surface area (Å²) in [6, 6.07) is 2.63. The van der Waals surface area contributed by atoms with Crippen LogP contribution in [-0.2, 0) is 14.9 Å². The Morgan fingerprint density at radius 1 is 1.17 bits per heavy atom. The Balaban J connectivity index is 1.02. The molecule has 1 amide bonds. The highest BCUT2D eigenvalue weighted by atomic mass is 32.2. The maximum atomic E-state index is 14.3. The van der Waals surface area contributed by atoms with Crippen LogP contribution in [0.5, 0.6) is 11.6 Å². The van der Waals surface area contributed by atoms with Crippen molar-refractivity contribution < 1.29 is 35.9 Å². The van der Waals surface area contributed by atoms with E-state index >= 15 is 0 Å². The number of aromatic nitrogens is 3. The third kappa shape index (κ3) is 7.85. The van der Waals surface area contributed by atoms with Gasteiger partial charge in [0.25, 0.3) is 28.4 Å². The van der Waals surface area contributed by atoms with E-state index in [1.165, 1.54) is 16.7 Å². The summed E-state index contributed by atoms with van der Waals surface area (Å²) >= 11 is 0. The van der Waals surface area contributed by atoms with Gasteiger partial charge in [0.05, 0.1) is 24.8 Å². The van der Waals surface area contributed by atoms with Gasteiger partial charge < -0.3 is 24.2 Å². The highest BCUT2D eigenvalue weighted by molar-refractivity contribution is 7.87. The Labute approximate surface area is 278 Å². The molecule has 0 aliphatic carbocycles. The fourth-order valence-electron chi connectivity index (χ4n) is 6.82. The third-order valence-corrected chi connectivity index (χ3v) is 11.4. The molecule has 1 N–H and O–H groups in total. The van der Waals surface area contributed by atoms with Crippen molar-refractivity contribution in [2.45, 2.75) is 70.6 Å². The zero-order valence-corrected chi connectivity index (χ0v) is 28.0. The van der Waals surface area contributed by atoms with E-state index in [-0.39, 0.29) is 34.8 Å². The Kier molecular flexibility index (Phi) is 10.4. The van der Waals surface area contributed by atoms with Crippen molar-refractivity contribution in [2.24, 2.45) is 5.41 Å². The van der Waals surface area contributed by atoms with E-state index in [1.54, 1.807) is 13.8 Å². The number of nitrogens with one attached hydrogen (secondary N) is 1. The van der Waals surface area contributed by atoms with Crippen LogP contribution in [0.4, 0.5) is 19.0 Å². The quantitative estimate of drug-likeness (QED) is 0.353. The predicted octanol–water partition coefficient (Wildman–Crippen LogP) is 2.91. The number of piperidine rings is 1. The van der Waals surface area contributed by atoms with E-state index in [0.29, 0.717) is 25.5 Å². The number of ether oxygens (including phenoxy) is 2. The largest absolute Gasteiger partial charge is 0.434 e. The van der Waals surface area contributed by atoms with Crippen molar-refractivity contribution in [1.29, 1.82) is 0 Å². The number of amides is 1. The Morgan fingerprint density at radius 3 is 2.54 bits per heavy atom. The van der Waals surface area contributed by atoms with Crippen LogP contribution >= 0.6 is 0 Å². The molecule has 0 unspecified atom stereocenters. The molecule has 4 fully saturated rings. The molecule has 4 aliphatic rings. The van der Waals surface area contributed by atoms with Gasteiger partial charge in [0, 0.05) is 50.2 Å². The van der Waals surface area contributed by atoms with Gasteiger partial charge in [0.1, 0.15) is 17.9 Å². The summed E-state index contributed by atoms with van der Waals surface area (Å²) in [7, 11) is -3.42. The number of hydrogen-bond donors (Lipinski definition) is 1. The Bertz CT molecular complexity index is 1540. The second-order valence-electron chi connectivity index (χ2n) is 13.5. The van der Waals surface area contributed by atoms with Crippen molar-refractivity contribution in [3.63, 3.8) is 0 Å². The number of benzene rings is 1. The standard InChI is InChI=1S/C31H43F3N8O5S/c1-21(2)42(16-27(33)34)30(43)25-14-22(32)4-7-26(25)47-29-28(35-20-36-37-29)40-18-31(19-40)8-12-39(13-9-31)15-24-6-5-23(17-46-24)38-48(44,45)41-10-3-11-41/h4,7,14,20-21,23-24,27,38H,3,5-6,8-13,15-19H2,1-2H3/t23-,24+/m1/s1. The first-order chi connectivity index (χ1) is 22.9. The van der Waals surface area contributed by atoms with Crippen molar-refractivity contribution >= 4 is 21.9 Å². The molecule has 0 saturated carbocycles. The highest BCUT2D eigenvalue weighted by Crippen LogP contribution is 2.44. The van der Waals surface area contributed by atoms with Crippen LogP contribution in [-0.4, -0.2) is 127 Å². The van der Waals surface area contributed by atoms with E-state index in [2.05, 4.69) is 24.8 Å². The lowest BCUT2D eigenvalue weighted by Crippen LogP contribution is -2.61. The molecule has 13 nitrogen and oxygen atoms in total. The predicted molar refractivity (Wildman–Crippen MR) is 170 cm³/mol. The zero-order chi connectivity index (χ0) is 34.1. The van der Waals surface area contributed by atoms with Gasteiger partial charge >= 0.3 is 0 Å². The zero-order valence-electron chi connectivity index (χ0n) is 27.2. The van der Waals surface area contributed by atoms with E-state index in [1.807, 2.05) is 4.90 Å². The number of anilines is 1. The monoisotopic (exact) mass is 696 g/mol. The van der Waals surface area contributed by atoms with Crippen LogP contribution in [0.3, 0.4) is 0 Å². The molecule has 2 atom stereocenters. The average molecular weight is 697 g/mol. The fourth-order valence-corrected chi connectivity index (χ4v) is 8.31. The van der Waals surface area contributed by atoms with Gasteiger partial charge in [-0.2, -0.15) is 17.4 Å². The van der Waals surface area contributed by atoms with E-state index < -0.39 is 40.9 Å². The first-order valence-electron chi connectivity index (χ1n) is 16.5. The summed E-state index contributed by atoms with van der Waals surface area (Å²) in [5, 5.41) is 7.95. The summed E-state index contributed by atoms with van der Waals surface area (Å²) in [5.74, 6) is -1.04. The number of halogens is 3. The maximum Gasteiger partial charge on any atom is 0.282 e. The Morgan fingerprint density at radius 2 is 1.92 bits per heavy atom. The van der Waals surface area contributed by atoms with Crippen LogP contribution < -0.4 is 14.4 Å². The minimum atomic E-state index is -3.42. The summed E-state index contributed by atoms with van der Waals surface area (Å²) in [6.07, 6.45) is 3.04. The molecular formula is C31H43F3N8O5S. The topological polar surface area (TPSA) is 133 Å². The van der Waals surface area contributed by atoms with Gasteiger partial charge in [0.2, 0.25) is 0 Å². The second kappa shape index (κ2) is 14.4. The molecule has 0 bridgehead atoms. The van der Waals surface area contributed by atoms with Crippen LogP contribution in [0.15, 0.2) is 24.5 Å². The molecule has 1 spiro atoms. The summed E-state index contributed by atoms with van der Waals surface area (Å²) < 4.78 is 81.8. The minimum Gasteiger partial charge on any atom is -0.434 e. The first kappa shape index (κ1) is 34.7. The smallest absolute Gasteiger partial charge is 0.282 e. The summed E-state index contributed by atoms with van der Waals surface area (Å²) in [4.78, 5) is 23.1. The molecule has 1 aromatic heterocycles. The molecule has 1 aromatic carbocycles. The Hall–Kier alpha value is -3.12. The normalized spacial score (nSPS) is 23.3. The number of hydrogen-bond acceptors (Lipinski definition) is 10. The van der Waals surface area contributed by atoms with Gasteiger partial charge in [-0.25, -0.2) is 18.2 Å². The van der Waals surface area contributed by atoms with Crippen molar-refractivity contribution in [3.8, 4) is 11.6 Å². The molecule has 48 heavy (non-hydrogen) atoms. The molecule has 4 saturated heterocycles. The first-order valence-corrected chi connectivity index (χ1v) is 18.0. The molecule has 264 valence electrons. The molecule has 2 aromatic rings. The van der Waals surface area contributed by atoms with E-state index in [0.717, 1.165) is 81.9 Å². The SMILES string of the molecule is CC(C)N(CC(F)F)C(=O)c1cc(F)ccc1Oc1nncnc1N1CC2(CCN(C[C@@H]3CC[C@@H](NS(=O)(=O)N4CCC4)CO3)CC2)C1. The van der Waals surface area contributed by atoms with Gasteiger partial charge in [-0.3, -0.25) is 4.79 Å². The molecule has 4 aliphatic heterocycles. The molecular weight excluding hydrogens is 653 g/mol. The van der Waals surface area contributed by atoms with Crippen LogP contribution in [0.25, 0.3) is 0 Å². The van der Waals surface area contributed by atoms with Crippen LogP contribution in [0.1, 0.15) is 56.3 Å². The van der Waals surface area contributed by atoms with Gasteiger partial charge in [-0.15, -0.1) is 10.2 Å². The number of likely N-dealkylation sites (tertiary alicyclic amines) is 1. The van der Waals surface area contributed by atoms with Crippen LogP contribution in [0.2, 0.25) is 0 Å².